The standard InChI is InChI=1S/C17H22N2O4/c1-5-23-17(22)14-9-8-13(19(14)4)16(21)15(11(2)20)12-7-6-10-18(12)3/h8-9H,5-7,10H2,1-4H3/b15-12+. The highest BCUT2D eigenvalue weighted by molar-refractivity contribution is 6.25. The van der Waals surface area contributed by atoms with E-state index in [0.717, 1.165) is 18.7 Å². The Hall–Kier alpha value is -2.37. The van der Waals surface area contributed by atoms with E-state index in [-0.39, 0.29) is 23.7 Å². The van der Waals surface area contributed by atoms with E-state index in [2.05, 4.69) is 0 Å². The lowest BCUT2D eigenvalue weighted by atomic mass is 10.0. The van der Waals surface area contributed by atoms with Crippen molar-refractivity contribution in [3.05, 3.63) is 34.8 Å². The SMILES string of the molecule is CCOC(=O)c1ccc(C(=O)/C(C(C)=O)=C2\CCCN2C)n1C. The molecule has 6 nitrogen and oxygen atoms in total. The maximum atomic E-state index is 12.9. The molecular formula is C17H22N2O4. The fourth-order valence-corrected chi connectivity index (χ4v) is 2.90. The van der Waals surface area contributed by atoms with Gasteiger partial charge in [-0.15, -0.1) is 0 Å². The third-order valence-corrected chi connectivity index (χ3v) is 4.07. The summed E-state index contributed by atoms with van der Waals surface area (Å²) in [6.45, 7) is 4.23. The van der Waals surface area contributed by atoms with E-state index in [1.54, 1.807) is 26.1 Å². The van der Waals surface area contributed by atoms with Gasteiger partial charge in [-0.25, -0.2) is 4.79 Å². The highest BCUT2D eigenvalue weighted by Gasteiger charge is 2.28. The Labute approximate surface area is 135 Å². The number of esters is 1. The number of allylic oxidation sites excluding steroid dienone is 2. The van der Waals surface area contributed by atoms with E-state index in [0.29, 0.717) is 17.8 Å². The van der Waals surface area contributed by atoms with E-state index < -0.39 is 5.97 Å². The molecule has 0 unspecified atom stereocenters. The second-order valence-electron chi connectivity index (χ2n) is 5.62. The predicted molar refractivity (Wildman–Crippen MR) is 85.3 cm³/mol. The number of Topliss-reactive ketones (excluding diaryl/α,β-unsaturated/α-hetero) is 2. The van der Waals surface area contributed by atoms with Crippen molar-refractivity contribution in [3.63, 3.8) is 0 Å². The van der Waals surface area contributed by atoms with Crippen molar-refractivity contribution in [3.8, 4) is 0 Å². The molecule has 1 fully saturated rings. The first-order valence-corrected chi connectivity index (χ1v) is 7.71. The number of ether oxygens (including phenoxy) is 1. The molecule has 0 N–H and O–H groups in total. The summed E-state index contributed by atoms with van der Waals surface area (Å²) in [4.78, 5) is 38.7. The zero-order valence-corrected chi connectivity index (χ0v) is 14.0. The molecule has 2 heterocycles. The van der Waals surface area contributed by atoms with E-state index in [4.69, 9.17) is 4.74 Å². The summed E-state index contributed by atoms with van der Waals surface area (Å²) in [6, 6.07) is 3.11. The van der Waals surface area contributed by atoms with Gasteiger partial charge in [-0.1, -0.05) is 0 Å². The highest BCUT2D eigenvalue weighted by Crippen LogP contribution is 2.26. The van der Waals surface area contributed by atoms with Gasteiger partial charge < -0.3 is 14.2 Å². The Morgan fingerprint density at radius 1 is 1.17 bits per heavy atom. The molecule has 0 spiro atoms. The number of aromatic nitrogens is 1. The summed E-state index contributed by atoms with van der Waals surface area (Å²) in [7, 11) is 3.51. The minimum atomic E-state index is -0.482. The van der Waals surface area contributed by atoms with Crippen LogP contribution >= 0.6 is 0 Å². The van der Waals surface area contributed by atoms with Crippen molar-refractivity contribution in [2.75, 3.05) is 20.2 Å². The normalized spacial score (nSPS) is 16.4. The fourth-order valence-electron chi connectivity index (χ4n) is 2.90. The second-order valence-corrected chi connectivity index (χ2v) is 5.62. The number of likely N-dealkylation sites (tertiary alicyclic amines) is 1. The van der Waals surface area contributed by atoms with Gasteiger partial charge in [0.05, 0.1) is 17.9 Å². The maximum Gasteiger partial charge on any atom is 0.354 e. The molecule has 1 aromatic rings. The zero-order chi connectivity index (χ0) is 17.1. The summed E-state index contributed by atoms with van der Waals surface area (Å²) in [5, 5.41) is 0. The van der Waals surface area contributed by atoms with Crippen molar-refractivity contribution in [1.82, 2.24) is 9.47 Å². The van der Waals surface area contributed by atoms with Crippen molar-refractivity contribution >= 4 is 17.5 Å². The minimum absolute atomic E-state index is 0.210. The molecule has 0 aliphatic carbocycles. The molecule has 0 bridgehead atoms. The van der Waals surface area contributed by atoms with Gasteiger partial charge in [0.15, 0.2) is 5.78 Å². The Balaban J connectivity index is 2.43. The lowest BCUT2D eigenvalue weighted by Crippen LogP contribution is -2.22. The van der Waals surface area contributed by atoms with Crippen LogP contribution in [-0.4, -0.2) is 47.2 Å². The van der Waals surface area contributed by atoms with E-state index in [1.807, 2.05) is 11.9 Å². The Morgan fingerprint density at radius 3 is 2.35 bits per heavy atom. The van der Waals surface area contributed by atoms with Gasteiger partial charge in [0.25, 0.3) is 0 Å². The smallest absolute Gasteiger partial charge is 0.354 e. The van der Waals surface area contributed by atoms with Gasteiger partial charge in [-0.2, -0.15) is 0 Å². The van der Waals surface area contributed by atoms with Crippen LogP contribution in [0.2, 0.25) is 0 Å². The van der Waals surface area contributed by atoms with Crippen LogP contribution in [0.3, 0.4) is 0 Å². The molecule has 2 rings (SSSR count). The van der Waals surface area contributed by atoms with Crippen LogP contribution in [-0.2, 0) is 16.6 Å². The molecule has 6 heteroatoms. The van der Waals surface area contributed by atoms with Gasteiger partial charge in [-0.3, -0.25) is 9.59 Å². The van der Waals surface area contributed by atoms with Gasteiger partial charge in [0.1, 0.15) is 5.69 Å². The molecule has 1 aromatic heterocycles. The molecule has 0 radical (unpaired) electrons. The van der Waals surface area contributed by atoms with Crippen LogP contribution in [0, 0.1) is 0 Å². The van der Waals surface area contributed by atoms with Crippen LogP contribution in [0.15, 0.2) is 23.4 Å². The van der Waals surface area contributed by atoms with Crippen LogP contribution in [0.1, 0.15) is 47.7 Å². The molecule has 0 amide bonds. The number of nitrogens with zero attached hydrogens (tertiary/aromatic N) is 2. The van der Waals surface area contributed by atoms with Crippen LogP contribution in [0.5, 0.6) is 0 Å². The Bertz CT molecular complexity index is 685. The molecule has 0 atom stereocenters. The molecule has 1 saturated heterocycles. The van der Waals surface area contributed by atoms with Gasteiger partial charge >= 0.3 is 5.97 Å². The molecule has 1 aliphatic heterocycles. The average molecular weight is 318 g/mol. The highest BCUT2D eigenvalue weighted by atomic mass is 16.5. The van der Waals surface area contributed by atoms with E-state index in [1.165, 1.54) is 11.5 Å². The first-order chi connectivity index (χ1) is 10.9. The molecule has 0 saturated carbocycles. The molecule has 1 aliphatic rings. The van der Waals surface area contributed by atoms with Crippen molar-refractivity contribution in [2.24, 2.45) is 7.05 Å². The number of rotatable bonds is 5. The summed E-state index contributed by atoms with van der Waals surface area (Å²) in [6.07, 6.45) is 1.64. The zero-order valence-electron chi connectivity index (χ0n) is 14.0. The lowest BCUT2D eigenvalue weighted by Gasteiger charge is -2.17. The molecule has 0 aromatic carbocycles. The van der Waals surface area contributed by atoms with Crippen molar-refractivity contribution < 1.29 is 19.1 Å². The first-order valence-electron chi connectivity index (χ1n) is 7.71. The van der Waals surface area contributed by atoms with Crippen molar-refractivity contribution in [2.45, 2.75) is 26.7 Å². The molecule has 23 heavy (non-hydrogen) atoms. The summed E-state index contributed by atoms with van der Waals surface area (Å²) < 4.78 is 6.45. The minimum Gasteiger partial charge on any atom is -0.461 e. The van der Waals surface area contributed by atoms with Crippen molar-refractivity contribution in [1.29, 1.82) is 0 Å². The number of hydrogen-bond acceptors (Lipinski definition) is 5. The predicted octanol–water partition coefficient (Wildman–Crippen LogP) is 1.95. The van der Waals surface area contributed by atoms with Crippen LogP contribution in [0.25, 0.3) is 0 Å². The quantitative estimate of drug-likeness (QED) is 0.273. The van der Waals surface area contributed by atoms with Gasteiger partial charge in [0, 0.05) is 26.3 Å². The van der Waals surface area contributed by atoms with E-state index >= 15 is 0 Å². The third kappa shape index (κ3) is 3.21. The third-order valence-electron chi connectivity index (χ3n) is 4.07. The average Bonchev–Trinajstić information content (AvgIpc) is 3.06. The monoisotopic (exact) mass is 318 g/mol. The van der Waals surface area contributed by atoms with E-state index in [9.17, 15) is 14.4 Å². The largest absolute Gasteiger partial charge is 0.461 e. The van der Waals surface area contributed by atoms with Gasteiger partial charge in [0.2, 0.25) is 5.78 Å². The van der Waals surface area contributed by atoms with Gasteiger partial charge in [-0.05, 0) is 38.8 Å². The lowest BCUT2D eigenvalue weighted by molar-refractivity contribution is -0.113. The second kappa shape index (κ2) is 6.81. The Kier molecular flexibility index (Phi) is 5.03. The summed E-state index contributed by atoms with van der Waals surface area (Å²) in [5.41, 5.74) is 1.59. The summed E-state index contributed by atoms with van der Waals surface area (Å²) >= 11 is 0. The van der Waals surface area contributed by atoms with Crippen LogP contribution in [0.4, 0.5) is 0 Å². The van der Waals surface area contributed by atoms with Crippen LogP contribution < -0.4 is 0 Å². The number of carbonyl (C=O) groups is 3. The molecule has 124 valence electrons. The summed E-state index contributed by atoms with van der Waals surface area (Å²) in [5.74, 6) is -1.08. The topological polar surface area (TPSA) is 68.6 Å². The molecular weight excluding hydrogens is 296 g/mol. The number of ketones is 2. The fraction of sp³-hybridized carbons (Fsp3) is 0.471. The number of carbonyl (C=O) groups excluding carboxylic acids is 3. The first kappa shape index (κ1) is 17.0. The Morgan fingerprint density at radius 2 is 1.83 bits per heavy atom. The number of hydrogen-bond donors (Lipinski definition) is 0. The maximum absolute atomic E-state index is 12.9.